The van der Waals surface area contributed by atoms with Crippen LogP contribution in [-0.4, -0.2) is 46.8 Å². The minimum atomic E-state index is -0.293. The van der Waals surface area contributed by atoms with Crippen LogP contribution in [0.1, 0.15) is 37.2 Å². The molecule has 0 bridgehead atoms. The van der Waals surface area contributed by atoms with Crippen molar-refractivity contribution in [2.75, 3.05) is 19.7 Å². The Morgan fingerprint density at radius 1 is 1.32 bits per heavy atom. The van der Waals surface area contributed by atoms with Crippen LogP contribution in [0, 0.1) is 11.7 Å². The minimum Gasteiger partial charge on any atom is -0.378 e. The number of aromatic nitrogens is 2. The van der Waals surface area contributed by atoms with Gasteiger partial charge in [-0.3, -0.25) is 9.89 Å². The van der Waals surface area contributed by atoms with E-state index in [4.69, 9.17) is 4.74 Å². The van der Waals surface area contributed by atoms with Crippen molar-refractivity contribution in [3.05, 3.63) is 41.8 Å². The normalized spacial score (nSPS) is 15.8. The molecule has 1 aromatic carbocycles. The Balaban J connectivity index is 1.58. The fourth-order valence-corrected chi connectivity index (χ4v) is 2.92. The molecule has 2 aromatic rings. The Labute approximate surface area is 147 Å². The molecule has 1 aliphatic rings. The molecule has 1 aromatic heterocycles. The topological polar surface area (TPSA) is 58.2 Å². The van der Waals surface area contributed by atoms with Crippen molar-refractivity contribution in [2.45, 2.75) is 32.8 Å². The number of H-pyrrole nitrogens is 1. The first-order valence-electron chi connectivity index (χ1n) is 8.75. The average Bonchev–Trinajstić information content (AvgIpc) is 3.10. The van der Waals surface area contributed by atoms with Gasteiger partial charge in [0.15, 0.2) is 0 Å². The number of likely N-dealkylation sites (tertiary alicyclic amines) is 1. The number of aromatic amines is 1. The summed E-state index contributed by atoms with van der Waals surface area (Å²) in [5, 5.41) is 6.98. The highest BCUT2D eigenvalue weighted by atomic mass is 19.1. The Kier molecular flexibility index (Phi) is 5.48. The molecule has 1 saturated heterocycles. The highest BCUT2D eigenvalue weighted by Gasteiger charge is 2.25. The predicted molar refractivity (Wildman–Crippen MR) is 93.7 cm³/mol. The van der Waals surface area contributed by atoms with Crippen molar-refractivity contribution in [3.8, 4) is 11.3 Å². The molecule has 3 rings (SSSR count). The minimum absolute atomic E-state index is 0.0526. The first-order valence-corrected chi connectivity index (χ1v) is 8.75. The molecule has 2 heterocycles. The number of benzene rings is 1. The van der Waals surface area contributed by atoms with Crippen LogP contribution in [-0.2, 0) is 4.74 Å². The fourth-order valence-electron chi connectivity index (χ4n) is 2.92. The molecule has 25 heavy (non-hydrogen) atoms. The molecule has 0 atom stereocenters. The van der Waals surface area contributed by atoms with Crippen LogP contribution in [0.4, 0.5) is 4.39 Å². The lowest BCUT2D eigenvalue weighted by molar-refractivity contribution is -0.00243. The van der Waals surface area contributed by atoms with Gasteiger partial charge in [0.2, 0.25) is 0 Å². The van der Waals surface area contributed by atoms with E-state index < -0.39 is 0 Å². The highest BCUT2D eigenvalue weighted by molar-refractivity contribution is 5.93. The summed E-state index contributed by atoms with van der Waals surface area (Å²) in [6, 6.07) is 7.78. The molecule has 134 valence electrons. The van der Waals surface area contributed by atoms with Crippen molar-refractivity contribution in [2.24, 2.45) is 5.92 Å². The maximum absolute atomic E-state index is 13.0. The number of hydrogen-bond donors (Lipinski definition) is 1. The number of nitrogens with zero attached hydrogens (tertiary/aromatic N) is 2. The van der Waals surface area contributed by atoms with E-state index in [-0.39, 0.29) is 17.8 Å². The molecule has 5 nitrogen and oxygen atoms in total. The molecule has 6 heteroatoms. The maximum Gasteiger partial charge on any atom is 0.271 e. The number of carbonyl (C=O) groups is 1. The lowest BCUT2D eigenvalue weighted by atomic mass is 10.1. The molecule has 0 unspecified atom stereocenters. The smallest absolute Gasteiger partial charge is 0.271 e. The Morgan fingerprint density at radius 2 is 2.00 bits per heavy atom. The second kappa shape index (κ2) is 7.78. The number of nitrogens with one attached hydrogen (secondary N) is 1. The van der Waals surface area contributed by atoms with E-state index in [0.29, 0.717) is 30.4 Å². The molecule has 1 N–H and O–H groups in total. The zero-order chi connectivity index (χ0) is 17.8. The SMILES string of the molecule is CC(C)COC1CCN(C(=O)c2cc(-c3ccc(F)cc3)n[nH]2)CC1. The van der Waals surface area contributed by atoms with Crippen molar-refractivity contribution in [1.29, 1.82) is 0 Å². The molecule has 0 spiro atoms. The highest BCUT2D eigenvalue weighted by Crippen LogP contribution is 2.21. The molecule has 1 fully saturated rings. The summed E-state index contributed by atoms with van der Waals surface area (Å²) in [4.78, 5) is 14.5. The third kappa shape index (κ3) is 4.45. The fraction of sp³-hybridized carbons (Fsp3) is 0.474. The Bertz CT molecular complexity index is 704. The summed E-state index contributed by atoms with van der Waals surface area (Å²) in [7, 11) is 0. The Hall–Kier alpha value is -2.21. The summed E-state index contributed by atoms with van der Waals surface area (Å²) in [5.74, 6) is 0.177. The maximum atomic E-state index is 13.0. The lowest BCUT2D eigenvalue weighted by Crippen LogP contribution is -2.41. The number of halogens is 1. The first kappa shape index (κ1) is 17.6. The zero-order valence-corrected chi connectivity index (χ0v) is 14.7. The summed E-state index contributed by atoms with van der Waals surface area (Å²) < 4.78 is 18.9. The van der Waals surface area contributed by atoms with Gasteiger partial charge >= 0.3 is 0 Å². The van der Waals surface area contributed by atoms with Gasteiger partial charge in [0, 0.05) is 25.3 Å². The number of hydrogen-bond acceptors (Lipinski definition) is 3. The van der Waals surface area contributed by atoms with Gasteiger partial charge in [-0.25, -0.2) is 4.39 Å². The molecule has 0 radical (unpaired) electrons. The van der Waals surface area contributed by atoms with Crippen molar-refractivity contribution < 1.29 is 13.9 Å². The molecule has 1 amide bonds. The third-order valence-electron chi connectivity index (χ3n) is 4.34. The number of carbonyl (C=O) groups excluding carboxylic acids is 1. The van der Waals surface area contributed by atoms with E-state index in [1.165, 1.54) is 12.1 Å². The van der Waals surface area contributed by atoms with E-state index in [1.54, 1.807) is 18.2 Å². The zero-order valence-electron chi connectivity index (χ0n) is 14.7. The average molecular weight is 345 g/mol. The van der Waals surface area contributed by atoms with Gasteiger partial charge in [-0.05, 0) is 49.1 Å². The number of piperidine rings is 1. The van der Waals surface area contributed by atoms with Gasteiger partial charge < -0.3 is 9.64 Å². The van der Waals surface area contributed by atoms with Crippen LogP contribution in [0.5, 0.6) is 0 Å². The quantitative estimate of drug-likeness (QED) is 0.902. The summed E-state index contributed by atoms with van der Waals surface area (Å²) in [6.07, 6.45) is 1.96. The number of amides is 1. The largest absolute Gasteiger partial charge is 0.378 e. The Morgan fingerprint density at radius 3 is 2.64 bits per heavy atom. The number of ether oxygens (including phenoxy) is 1. The second-order valence-electron chi connectivity index (χ2n) is 6.89. The summed E-state index contributed by atoms with van der Waals surface area (Å²) in [6.45, 7) is 6.41. The molecule has 0 aliphatic carbocycles. The van der Waals surface area contributed by atoms with Crippen LogP contribution in [0.3, 0.4) is 0 Å². The van der Waals surface area contributed by atoms with Gasteiger partial charge in [-0.15, -0.1) is 0 Å². The van der Waals surface area contributed by atoms with Crippen molar-refractivity contribution in [1.82, 2.24) is 15.1 Å². The van der Waals surface area contributed by atoms with Crippen LogP contribution in [0.25, 0.3) is 11.3 Å². The van der Waals surface area contributed by atoms with E-state index in [2.05, 4.69) is 24.0 Å². The first-order chi connectivity index (χ1) is 12.0. The van der Waals surface area contributed by atoms with E-state index >= 15 is 0 Å². The van der Waals surface area contributed by atoms with Gasteiger partial charge in [0.05, 0.1) is 11.8 Å². The van der Waals surface area contributed by atoms with Crippen molar-refractivity contribution in [3.63, 3.8) is 0 Å². The summed E-state index contributed by atoms with van der Waals surface area (Å²) in [5.41, 5.74) is 1.87. The van der Waals surface area contributed by atoms with E-state index in [0.717, 1.165) is 25.0 Å². The van der Waals surface area contributed by atoms with Gasteiger partial charge in [-0.2, -0.15) is 5.10 Å². The van der Waals surface area contributed by atoms with Gasteiger partial charge in [-0.1, -0.05) is 13.8 Å². The monoisotopic (exact) mass is 345 g/mol. The van der Waals surface area contributed by atoms with Gasteiger partial charge in [0.1, 0.15) is 11.5 Å². The lowest BCUT2D eigenvalue weighted by Gasteiger charge is -2.32. The van der Waals surface area contributed by atoms with Crippen molar-refractivity contribution >= 4 is 5.91 Å². The van der Waals surface area contributed by atoms with Crippen LogP contribution >= 0.6 is 0 Å². The standard InChI is InChI=1S/C19H24FN3O2/c1-13(2)12-25-16-7-9-23(10-8-16)19(24)18-11-17(21-22-18)14-3-5-15(20)6-4-14/h3-6,11,13,16H,7-10,12H2,1-2H3,(H,21,22). The molecular formula is C19H24FN3O2. The molecule has 0 saturated carbocycles. The van der Waals surface area contributed by atoms with Gasteiger partial charge in [0.25, 0.3) is 5.91 Å². The van der Waals surface area contributed by atoms with E-state index in [9.17, 15) is 9.18 Å². The summed E-state index contributed by atoms with van der Waals surface area (Å²) >= 11 is 0. The van der Waals surface area contributed by atoms with Crippen LogP contribution in [0.15, 0.2) is 30.3 Å². The van der Waals surface area contributed by atoms with Crippen LogP contribution < -0.4 is 0 Å². The van der Waals surface area contributed by atoms with E-state index in [1.807, 2.05) is 4.90 Å². The predicted octanol–water partition coefficient (Wildman–Crippen LogP) is 3.49. The molecular weight excluding hydrogens is 321 g/mol. The molecule has 1 aliphatic heterocycles. The van der Waals surface area contributed by atoms with Crippen LogP contribution in [0.2, 0.25) is 0 Å². The number of rotatable bonds is 5. The third-order valence-corrected chi connectivity index (χ3v) is 4.34. The second-order valence-corrected chi connectivity index (χ2v) is 6.89.